The van der Waals surface area contributed by atoms with E-state index in [0.29, 0.717) is 11.1 Å². The number of rotatable bonds is 4. The fourth-order valence-electron chi connectivity index (χ4n) is 1.25. The van der Waals surface area contributed by atoms with E-state index >= 15 is 0 Å². The van der Waals surface area contributed by atoms with Crippen molar-refractivity contribution >= 4 is 56.7 Å². The van der Waals surface area contributed by atoms with Gasteiger partial charge < -0.3 is 0 Å². The molecule has 0 aliphatic heterocycles. The van der Waals surface area contributed by atoms with Crippen molar-refractivity contribution in [3.63, 3.8) is 0 Å². The van der Waals surface area contributed by atoms with E-state index in [1.165, 1.54) is 0 Å². The third-order valence-corrected chi connectivity index (χ3v) is 4.63. The van der Waals surface area contributed by atoms with Gasteiger partial charge in [-0.15, -0.1) is 0 Å². The van der Waals surface area contributed by atoms with Crippen LogP contribution in [-0.4, -0.2) is 0 Å². The Hall–Kier alpha value is 0.840. The highest BCUT2D eigenvalue weighted by atomic mass is 35.9. The van der Waals surface area contributed by atoms with Crippen LogP contribution in [0.2, 0.25) is 0 Å². The zero-order chi connectivity index (χ0) is 12.4. The molecule has 0 aliphatic carbocycles. The monoisotopic (exact) mass is 338 g/mol. The lowest BCUT2D eigenvalue weighted by Crippen LogP contribution is -1.85. The topological polar surface area (TPSA) is 34.1 Å². The molecule has 1 aromatic rings. The van der Waals surface area contributed by atoms with Crippen molar-refractivity contribution in [2.45, 2.75) is 12.3 Å². The Balaban J connectivity index is 2.88. The summed E-state index contributed by atoms with van der Waals surface area (Å²) in [7, 11) is 0. The van der Waals surface area contributed by atoms with Gasteiger partial charge in [-0.05, 0) is 56.1 Å². The summed E-state index contributed by atoms with van der Waals surface area (Å²) in [5.74, 6) is -6.30. The molecule has 0 unspecified atom stereocenters. The Labute approximate surface area is 113 Å². The lowest BCUT2D eigenvalue weighted by atomic mass is 10.2. The van der Waals surface area contributed by atoms with Crippen LogP contribution in [0.1, 0.15) is 11.1 Å². The first kappa shape index (κ1) is 14.9. The maximum Gasteiger partial charge on any atom is 0.257 e. The second-order valence-corrected chi connectivity index (χ2v) is 13.8. The minimum absolute atomic E-state index is 0.0683. The first-order chi connectivity index (χ1) is 7.16. The van der Waals surface area contributed by atoms with Gasteiger partial charge in [0.2, 0.25) is 0 Å². The van der Waals surface area contributed by atoms with Gasteiger partial charge in [0.25, 0.3) is 11.7 Å². The van der Waals surface area contributed by atoms with Crippen molar-refractivity contribution in [1.29, 1.82) is 0 Å². The second kappa shape index (κ2) is 5.65. The van der Waals surface area contributed by atoms with Gasteiger partial charge in [-0.3, -0.25) is 9.13 Å². The van der Waals surface area contributed by atoms with E-state index in [1.807, 2.05) is 0 Å². The highest BCUT2D eigenvalue weighted by Gasteiger charge is 2.17. The predicted octanol–water partition coefficient (Wildman–Crippen LogP) is 6.03. The summed E-state index contributed by atoms with van der Waals surface area (Å²) in [5.41, 5.74) is 1.40. The molecule has 0 amide bonds. The van der Waals surface area contributed by atoms with Crippen LogP contribution in [0.25, 0.3) is 0 Å². The summed E-state index contributed by atoms with van der Waals surface area (Å²) in [6, 6.07) is 6.87. The predicted molar refractivity (Wildman–Crippen MR) is 72.5 cm³/mol. The quantitative estimate of drug-likeness (QED) is 0.628. The molecule has 90 valence electrons. The Morgan fingerprint density at radius 1 is 0.875 bits per heavy atom. The zero-order valence-corrected chi connectivity index (χ0v) is 12.8. The van der Waals surface area contributed by atoms with Crippen LogP contribution in [0, 0.1) is 0 Å². The van der Waals surface area contributed by atoms with Crippen LogP contribution in [0.5, 0.6) is 0 Å². The van der Waals surface area contributed by atoms with Crippen LogP contribution in [0.15, 0.2) is 24.3 Å². The van der Waals surface area contributed by atoms with E-state index in [9.17, 15) is 9.13 Å². The van der Waals surface area contributed by atoms with Crippen molar-refractivity contribution < 1.29 is 9.13 Å². The first-order valence-electron chi connectivity index (χ1n) is 4.20. The molecule has 0 radical (unpaired) electrons. The van der Waals surface area contributed by atoms with E-state index in [4.69, 9.17) is 45.0 Å². The Kier molecular flexibility index (Phi) is 5.26. The normalized spacial score (nSPS) is 12.8. The lowest BCUT2D eigenvalue weighted by Gasteiger charge is -2.06. The summed E-state index contributed by atoms with van der Waals surface area (Å²) in [4.78, 5) is 0. The van der Waals surface area contributed by atoms with E-state index in [1.54, 1.807) is 24.3 Å². The van der Waals surface area contributed by atoms with Crippen molar-refractivity contribution in [3.05, 3.63) is 35.4 Å². The summed E-state index contributed by atoms with van der Waals surface area (Å²) in [5, 5.41) is 0. The third-order valence-electron chi connectivity index (χ3n) is 1.72. The van der Waals surface area contributed by atoms with Crippen molar-refractivity contribution in [3.8, 4) is 0 Å². The summed E-state index contributed by atoms with van der Waals surface area (Å²) >= 11 is 21.9. The molecule has 0 aromatic heterocycles. The molecule has 16 heavy (non-hydrogen) atoms. The highest BCUT2D eigenvalue weighted by molar-refractivity contribution is 8.08. The van der Waals surface area contributed by atoms with E-state index in [0.717, 1.165) is 0 Å². The fraction of sp³-hybridized carbons (Fsp3) is 0.250. The lowest BCUT2D eigenvalue weighted by molar-refractivity contribution is 0.591. The molecule has 0 spiro atoms. The number of hydrogen-bond donors (Lipinski definition) is 0. The molecule has 2 nitrogen and oxygen atoms in total. The average molecular weight is 340 g/mol. The van der Waals surface area contributed by atoms with Crippen LogP contribution in [0.3, 0.4) is 0 Å². The molecule has 0 heterocycles. The number of halogens is 4. The molecule has 1 aromatic carbocycles. The standard InChI is InChI=1S/C8H8Cl4O2P2/c9-15(10,13)5-7-2-1-3-8(4-7)6-16(11,12)14/h1-4H,5-6H2. The molecule has 0 fully saturated rings. The minimum Gasteiger partial charge on any atom is -0.289 e. The first-order valence-corrected chi connectivity index (χ1v) is 11.6. The largest absolute Gasteiger partial charge is 0.289 e. The highest BCUT2D eigenvalue weighted by Crippen LogP contribution is 2.60. The summed E-state index contributed by atoms with van der Waals surface area (Å²) < 4.78 is 22.4. The maximum absolute atomic E-state index is 11.2. The van der Waals surface area contributed by atoms with Gasteiger partial charge in [0.1, 0.15) is 0 Å². The number of benzene rings is 1. The maximum atomic E-state index is 11.2. The van der Waals surface area contributed by atoms with Gasteiger partial charge in [-0.2, -0.15) is 0 Å². The van der Waals surface area contributed by atoms with Gasteiger partial charge in [0.15, 0.2) is 0 Å². The zero-order valence-electron chi connectivity index (χ0n) is 7.95. The van der Waals surface area contributed by atoms with Gasteiger partial charge in [0, 0.05) is 0 Å². The second-order valence-electron chi connectivity index (χ2n) is 3.28. The molecule has 0 saturated carbocycles. The van der Waals surface area contributed by atoms with Gasteiger partial charge >= 0.3 is 0 Å². The molecule has 0 bridgehead atoms. The summed E-state index contributed by atoms with van der Waals surface area (Å²) in [6.07, 6.45) is 0.137. The molecule has 0 N–H and O–H groups in total. The Morgan fingerprint density at radius 3 is 1.56 bits per heavy atom. The average Bonchev–Trinajstić information content (AvgIpc) is 1.96. The minimum atomic E-state index is -3.15. The van der Waals surface area contributed by atoms with Crippen molar-refractivity contribution in [2.75, 3.05) is 0 Å². The van der Waals surface area contributed by atoms with Crippen LogP contribution in [0.4, 0.5) is 0 Å². The van der Waals surface area contributed by atoms with Gasteiger partial charge in [-0.1, -0.05) is 24.3 Å². The molecule has 0 atom stereocenters. The van der Waals surface area contributed by atoms with E-state index < -0.39 is 11.7 Å². The van der Waals surface area contributed by atoms with Gasteiger partial charge in [0.05, 0.1) is 12.3 Å². The fourth-order valence-corrected chi connectivity index (χ4v) is 4.15. The Bertz CT molecular complexity index is 426. The van der Waals surface area contributed by atoms with Crippen molar-refractivity contribution in [2.24, 2.45) is 0 Å². The molecule has 8 heteroatoms. The Morgan fingerprint density at radius 2 is 1.25 bits per heavy atom. The SMILES string of the molecule is O=P(Cl)(Cl)Cc1cccc(CP(=O)(Cl)Cl)c1. The molecular formula is C8H8Cl4O2P2. The van der Waals surface area contributed by atoms with Crippen LogP contribution >= 0.6 is 56.7 Å². The third kappa shape index (κ3) is 6.55. The molecular weight excluding hydrogens is 332 g/mol. The van der Waals surface area contributed by atoms with Crippen molar-refractivity contribution in [1.82, 2.24) is 0 Å². The van der Waals surface area contributed by atoms with Gasteiger partial charge in [-0.25, -0.2) is 0 Å². The van der Waals surface area contributed by atoms with E-state index in [-0.39, 0.29) is 12.3 Å². The summed E-state index contributed by atoms with van der Waals surface area (Å²) in [6.45, 7) is 0. The van der Waals surface area contributed by atoms with E-state index in [2.05, 4.69) is 0 Å². The molecule has 0 saturated heterocycles. The van der Waals surface area contributed by atoms with Crippen LogP contribution < -0.4 is 0 Å². The molecule has 1 rings (SSSR count). The number of hydrogen-bond acceptors (Lipinski definition) is 2. The smallest absolute Gasteiger partial charge is 0.257 e. The van der Waals surface area contributed by atoms with Crippen LogP contribution in [-0.2, 0) is 21.5 Å². The molecule has 0 aliphatic rings.